The second-order valence-corrected chi connectivity index (χ2v) is 3.54. The fourth-order valence-electron chi connectivity index (χ4n) is 1.46. The molecule has 0 radical (unpaired) electrons. The maximum atomic E-state index is 12.3. The molecule has 0 unspecified atom stereocenters. The topological polar surface area (TPSA) is 79.6 Å². The molecule has 1 aromatic carbocycles. The Bertz CT molecular complexity index is 549. The van der Waals surface area contributed by atoms with E-state index in [1.165, 1.54) is 6.92 Å². The first kappa shape index (κ1) is 15.8. The molecule has 0 bridgehead atoms. The van der Waals surface area contributed by atoms with E-state index in [1.807, 2.05) is 0 Å². The van der Waals surface area contributed by atoms with Crippen LogP contribution in [0.4, 0.5) is 13.2 Å². The van der Waals surface area contributed by atoms with Gasteiger partial charge < -0.3 is 14.6 Å². The number of hydrogen-bond acceptors (Lipinski definition) is 5. The van der Waals surface area contributed by atoms with E-state index in [4.69, 9.17) is 10.4 Å². The van der Waals surface area contributed by atoms with Crippen molar-refractivity contribution in [3.8, 4) is 11.8 Å². The van der Waals surface area contributed by atoms with Gasteiger partial charge in [-0.15, -0.1) is 13.2 Å². The number of ether oxygens (including phenoxy) is 2. The van der Waals surface area contributed by atoms with Crippen molar-refractivity contribution < 1.29 is 32.5 Å². The molecule has 0 heterocycles. The van der Waals surface area contributed by atoms with E-state index in [0.717, 1.165) is 12.1 Å². The lowest BCUT2D eigenvalue weighted by atomic mass is 10.0. The number of esters is 1. The average Bonchev–Trinajstić information content (AvgIpc) is 2.36. The lowest BCUT2D eigenvalue weighted by molar-refractivity contribution is -0.275. The molecule has 0 saturated carbocycles. The molecule has 0 fully saturated rings. The summed E-state index contributed by atoms with van der Waals surface area (Å²) < 4.78 is 45.2. The first-order valence-electron chi connectivity index (χ1n) is 5.43. The summed E-state index contributed by atoms with van der Waals surface area (Å²) in [7, 11) is 0. The normalized spacial score (nSPS) is 10.8. The number of carbonyl (C=O) groups excluding carboxylic acids is 1. The molecular weight excluding hydrogens is 279 g/mol. The van der Waals surface area contributed by atoms with E-state index in [9.17, 15) is 18.0 Å². The van der Waals surface area contributed by atoms with Gasteiger partial charge in [0.1, 0.15) is 5.75 Å². The number of aliphatic hydroxyl groups excluding tert-OH is 1. The zero-order valence-electron chi connectivity index (χ0n) is 10.3. The minimum absolute atomic E-state index is 0.0257. The summed E-state index contributed by atoms with van der Waals surface area (Å²) in [5, 5.41) is 17.9. The molecule has 0 atom stereocenters. The molecule has 20 heavy (non-hydrogen) atoms. The summed E-state index contributed by atoms with van der Waals surface area (Å²) in [5.74, 6) is -1.69. The average molecular weight is 289 g/mol. The number of alkyl halides is 3. The highest BCUT2D eigenvalue weighted by Crippen LogP contribution is 2.30. The molecule has 0 aliphatic carbocycles. The zero-order valence-corrected chi connectivity index (χ0v) is 10.3. The Morgan fingerprint density at radius 1 is 1.45 bits per heavy atom. The standard InChI is InChI=1S/C12H10F3NO4/c1-2-19-11(18)7-3-8(5-16)9(6-17)10(4-7)20-12(13,14)15/h3-4,17H,2,6H2,1H3. The van der Waals surface area contributed by atoms with Crippen molar-refractivity contribution in [3.63, 3.8) is 0 Å². The van der Waals surface area contributed by atoms with Crippen LogP contribution in [0.15, 0.2) is 12.1 Å². The number of rotatable bonds is 4. The summed E-state index contributed by atoms with van der Waals surface area (Å²) in [6.45, 7) is 0.716. The Hall–Kier alpha value is -2.27. The van der Waals surface area contributed by atoms with Crippen molar-refractivity contribution in [1.82, 2.24) is 0 Å². The summed E-state index contributed by atoms with van der Waals surface area (Å²) in [5.41, 5.74) is -0.907. The molecule has 1 N–H and O–H groups in total. The fraction of sp³-hybridized carbons (Fsp3) is 0.333. The van der Waals surface area contributed by atoms with Gasteiger partial charge in [0, 0.05) is 5.56 Å². The van der Waals surface area contributed by atoms with E-state index in [-0.39, 0.29) is 23.3 Å². The van der Waals surface area contributed by atoms with Gasteiger partial charge in [0.05, 0.1) is 30.4 Å². The number of nitrogens with zero attached hydrogens (tertiary/aromatic N) is 1. The van der Waals surface area contributed by atoms with Gasteiger partial charge in [-0.25, -0.2) is 4.79 Å². The van der Waals surface area contributed by atoms with Crippen LogP contribution in [0.1, 0.15) is 28.4 Å². The number of hydrogen-bond donors (Lipinski definition) is 1. The molecule has 0 aliphatic rings. The highest BCUT2D eigenvalue weighted by atomic mass is 19.4. The van der Waals surface area contributed by atoms with Crippen molar-refractivity contribution in [1.29, 1.82) is 5.26 Å². The molecule has 5 nitrogen and oxygen atoms in total. The summed E-state index contributed by atoms with van der Waals surface area (Å²) in [6.07, 6.45) is -5.01. The van der Waals surface area contributed by atoms with E-state index < -0.39 is 24.7 Å². The third kappa shape index (κ3) is 3.86. The summed E-state index contributed by atoms with van der Waals surface area (Å²) in [4.78, 5) is 11.5. The van der Waals surface area contributed by atoms with Gasteiger partial charge in [0.15, 0.2) is 0 Å². The first-order valence-corrected chi connectivity index (χ1v) is 5.43. The van der Waals surface area contributed by atoms with E-state index in [1.54, 1.807) is 6.07 Å². The van der Waals surface area contributed by atoms with Gasteiger partial charge in [-0.05, 0) is 19.1 Å². The SMILES string of the molecule is CCOC(=O)c1cc(C#N)c(CO)c(OC(F)(F)F)c1. The Kier molecular flexibility index (Phi) is 4.94. The quantitative estimate of drug-likeness (QED) is 0.859. The summed E-state index contributed by atoms with van der Waals surface area (Å²) >= 11 is 0. The monoisotopic (exact) mass is 289 g/mol. The molecule has 0 aliphatic heterocycles. The van der Waals surface area contributed by atoms with Crippen LogP contribution in [0.5, 0.6) is 5.75 Å². The number of aliphatic hydroxyl groups is 1. The highest BCUT2D eigenvalue weighted by Gasteiger charge is 2.33. The first-order chi connectivity index (χ1) is 9.32. The number of nitriles is 1. The van der Waals surface area contributed by atoms with E-state index >= 15 is 0 Å². The Labute approximate surface area is 112 Å². The van der Waals surface area contributed by atoms with Crippen LogP contribution in [0, 0.1) is 11.3 Å². The van der Waals surface area contributed by atoms with E-state index in [0.29, 0.717) is 0 Å². The van der Waals surface area contributed by atoms with Crippen LogP contribution >= 0.6 is 0 Å². The summed E-state index contributed by atoms with van der Waals surface area (Å²) in [6, 6.07) is 3.41. The van der Waals surface area contributed by atoms with Crippen LogP contribution in [0.3, 0.4) is 0 Å². The van der Waals surface area contributed by atoms with Crippen LogP contribution in [0.25, 0.3) is 0 Å². The molecule has 0 aromatic heterocycles. The van der Waals surface area contributed by atoms with Crippen molar-refractivity contribution in [2.24, 2.45) is 0 Å². The number of benzene rings is 1. The van der Waals surface area contributed by atoms with Crippen LogP contribution < -0.4 is 4.74 Å². The number of carbonyl (C=O) groups is 1. The van der Waals surface area contributed by atoms with Gasteiger partial charge in [-0.1, -0.05) is 0 Å². The zero-order chi connectivity index (χ0) is 15.3. The van der Waals surface area contributed by atoms with Gasteiger partial charge in [-0.2, -0.15) is 5.26 Å². The molecule has 0 spiro atoms. The van der Waals surface area contributed by atoms with Crippen LogP contribution in [0.2, 0.25) is 0 Å². The lowest BCUT2D eigenvalue weighted by Crippen LogP contribution is -2.19. The van der Waals surface area contributed by atoms with Gasteiger partial charge in [-0.3, -0.25) is 0 Å². The fourth-order valence-corrected chi connectivity index (χ4v) is 1.46. The third-order valence-corrected chi connectivity index (χ3v) is 2.22. The Morgan fingerprint density at radius 3 is 2.55 bits per heavy atom. The Morgan fingerprint density at radius 2 is 2.10 bits per heavy atom. The molecule has 0 amide bonds. The second-order valence-electron chi connectivity index (χ2n) is 3.54. The molecule has 1 aromatic rings. The largest absolute Gasteiger partial charge is 0.573 e. The lowest BCUT2D eigenvalue weighted by Gasteiger charge is -2.14. The third-order valence-electron chi connectivity index (χ3n) is 2.22. The van der Waals surface area contributed by atoms with Gasteiger partial charge in [0.25, 0.3) is 0 Å². The maximum Gasteiger partial charge on any atom is 0.573 e. The molecule has 108 valence electrons. The predicted molar refractivity (Wildman–Crippen MR) is 59.7 cm³/mol. The van der Waals surface area contributed by atoms with Crippen molar-refractivity contribution in [2.75, 3.05) is 6.61 Å². The van der Waals surface area contributed by atoms with Gasteiger partial charge >= 0.3 is 12.3 Å². The second kappa shape index (κ2) is 6.25. The highest BCUT2D eigenvalue weighted by molar-refractivity contribution is 5.90. The predicted octanol–water partition coefficient (Wildman–Crippen LogP) is 2.13. The molecular formula is C12H10F3NO4. The molecule has 8 heteroatoms. The van der Waals surface area contributed by atoms with Crippen molar-refractivity contribution in [2.45, 2.75) is 19.9 Å². The Balaban J connectivity index is 3.35. The molecule has 1 rings (SSSR count). The maximum absolute atomic E-state index is 12.3. The van der Waals surface area contributed by atoms with Crippen LogP contribution in [-0.2, 0) is 11.3 Å². The van der Waals surface area contributed by atoms with Crippen molar-refractivity contribution >= 4 is 5.97 Å². The minimum atomic E-state index is -5.01. The smallest absolute Gasteiger partial charge is 0.462 e. The van der Waals surface area contributed by atoms with E-state index in [2.05, 4.69) is 9.47 Å². The minimum Gasteiger partial charge on any atom is -0.462 e. The van der Waals surface area contributed by atoms with Crippen molar-refractivity contribution in [3.05, 3.63) is 28.8 Å². The van der Waals surface area contributed by atoms with Gasteiger partial charge in [0.2, 0.25) is 0 Å². The molecule has 0 saturated heterocycles. The van der Waals surface area contributed by atoms with Crippen LogP contribution in [-0.4, -0.2) is 24.0 Å². The number of halogens is 3.